The second-order valence-electron chi connectivity index (χ2n) is 3.42. The van der Waals surface area contributed by atoms with Gasteiger partial charge in [0.25, 0.3) is 0 Å². The van der Waals surface area contributed by atoms with E-state index in [1.807, 2.05) is 6.92 Å². The number of methoxy groups -OCH3 is 1. The lowest BCUT2D eigenvalue weighted by Crippen LogP contribution is -2.18. The van der Waals surface area contributed by atoms with E-state index in [0.717, 1.165) is 0 Å². The summed E-state index contributed by atoms with van der Waals surface area (Å²) in [6, 6.07) is 4.60. The Kier molecular flexibility index (Phi) is 5.40. The van der Waals surface area contributed by atoms with Gasteiger partial charge < -0.3 is 19.8 Å². The van der Waals surface area contributed by atoms with Crippen molar-refractivity contribution in [1.82, 2.24) is 0 Å². The lowest BCUT2D eigenvalue weighted by molar-refractivity contribution is 0.310. The Morgan fingerprint density at radius 1 is 1.47 bits per heavy atom. The summed E-state index contributed by atoms with van der Waals surface area (Å²) in [6.07, 6.45) is 0. The molecule has 6 heteroatoms. The molecular formula is C11H16NO4S-. The predicted octanol–water partition coefficient (Wildman–Crippen LogP) is 0.973. The molecule has 1 rings (SSSR count). The monoisotopic (exact) mass is 258 g/mol. The molecule has 0 saturated heterocycles. The van der Waals surface area contributed by atoms with E-state index in [4.69, 9.17) is 15.2 Å². The van der Waals surface area contributed by atoms with Crippen LogP contribution in [0.2, 0.25) is 0 Å². The summed E-state index contributed by atoms with van der Waals surface area (Å²) in [6.45, 7) is 2.36. The third-order valence-corrected chi connectivity index (χ3v) is 2.86. The first-order chi connectivity index (χ1) is 8.08. The van der Waals surface area contributed by atoms with Gasteiger partial charge in [0.1, 0.15) is 0 Å². The van der Waals surface area contributed by atoms with E-state index >= 15 is 0 Å². The standard InChI is InChI=1S/C11H17NO4S/c1-3-16-11-6-8(4-5-10(11)15-2)9(12)7-17(13)14/h4-6,9H,3,7,12H2,1-2H3,(H,13,14)/p-1. The maximum Gasteiger partial charge on any atom is 0.161 e. The first-order valence-corrected chi connectivity index (χ1v) is 6.45. The first-order valence-electron chi connectivity index (χ1n) is 5.20. The number of nitrogens with two attached hydrogens (primary N) is 1. The predicted molar refractivity (Wildman–Crippen MR) is 64.9 cm³/mol. The number of hydrogen-bond acceptors (Lipinski definition) is 5. The fraction of sp³-hybridized carbons (Fsp3) is 0.455. The normalized spacial score (nSPS) is 14.1. The Morgan fingerprint density at radius 2 is 2.18 bits per heavy atom. The maximum atomic E-state index is 10.6. The molecule has 2 atom stereocenters. The average molecular weight is 258 g/mol. The van der Waals surface area contributed by atoms with E-state index in [-0.39, 0.29) is 5.75 Å². The van der Waals surface area contributed by atoms with Crippen LogP contribution in [0, 0.1) is 0 Å². The van der Waals surface area contributed by atoms with Gasteiger partial charge in [0.2, 0.25) is 0 Å². The van der Waals surface area contributed by atoms with E-state index in [2.05, 4.69) is 0 Å². The highest BCUT2D eigenvalue weighted by atomic mass is 32.2. The van der Waals surface area contributed by atoms with Gasteiger partial charge in [0, 0.05) is 11.8 Å². The molecule has 0 aliphatic heterocycles. The Morgan fingerprint density at radius 3 is 2.71 bits per heavy atom. The molecule has 0 fully saturated rings. The van der Waals surface area contributed by atoms with Crippen LogP contribution < -0.4 is 15.2 Å². The van der Waals surface area contributed by atoms with Gasteiger partial charge in [-0.05, 0) is 24.6 Å². The average Bonchev–Trinajstić information content (AvgIpc) is 2.28. The van der Waals surface area contributed by atoms with Crippen molar-refractivity contribution < 1.29 is 18.2 Å². The molecule has 0 heterocycles. The third-order valence-electron chi connectivity index (χ3n) is 2.23. The van der Waals surface area contributed by atoms with Crippen molar-refractivity contribution in [3.05, 3.63) is 23.8 Å². The number of rotatable bonds is 6. The summed E-state index contributed by atoms with van der Waals surface area (Å²) < 4.78 is 31.7. The van der Waals surface area contributed by atoms with Crippen molar-refractivity contribution >= 4 is 11.1 Å². The summed E-state index contributed by atoms with van der Waals surface area (Å²) in [4.78, 5) is 0. The van der Waals surface area contributed by atoms with Crippen LogP contribution in [-0.4, -0.2) is 28.2 Å². The van der Waals surface area contributed by atoms with Crippen molar-refractivity contribution in [2.75, 3.05) is 19.5 Å². The van der Waals surface area contributed by atoms with Crippen LogP contribution in [0.25, 0.3) is 0 Å². The highest BCUT2D eigenvalue weighted by molar-refractivity contribution is 7.79. The molecule has 2 N–H and O–H groups in total. The van der Waals surface area contributed by atoms with Gasteiger partial charge in [-0.15, -0.1) is 0 Å². The third kappa shape index (κ3) is 3.99. The van der Waals surface area contributed by atoms with E-state index in [1.165, 1.54) is 0 Å². The molecule has 0 aliphatic rings. The van der Waals surface area contributed by atoms with Crippen LogP contribution in [0.3, 0.4) is 0 Å². The smallest absolute Gasteiger partial charge is 0.161 e. The highest BCUT2D eigenvalue weighted by Gasteiger charge is 2.10. The highest BCUT2D eigenvalue weighted by Crippen LogP contribution is 2.29. The van der Waals surface area contributed by atoms with Crippen LogP contribution in [0.4, 0.5) is 0 Å². The molecule has 5 nitrogen and oxygen atoms in total. The van der Waals surface area contributed by atoms with Crippen molar-refractivity contribution in [3.63, 3.8) is 0 Å². The number of ether oxygens (including phenoxy) is 2. The fourth-order valence-electron chi connectivity index (χ4n) is 1.44. The zero-order valence-electron chi connectivity index (χ0n) is 9.84. The lowest BCUT2D eigenvalue weighted by atomic mass is 10.1. The summed E-state index contributed by atoms with van der Waals surface area (Å²) in [5.41, 5.74) is 6.47. The molecule has 0 saturated carbocycles. The van der Waals surface area contributed by atoms with Gasteiger partial charge in [0.05, 0.1) is 13.7 Å². The zero-order chi connectivity index (χ0) is 12.8. The number of hydrogen-bond donors (Lipinski definition) is 1. The van der Waals surface area contributed by atoms with E-state index in [1.54, 1.807) is 25.3 Å². The Bertz CT molecular complexity index is 397. The van der Waals surface area contributed by atoms with Crippen molar-refractivity contribution in [3.8, 4) is 11.5 Å². The van der Waals surface area contributed by atoms with E-state index in [0.29, 0.717) is 23.7 Å². The minimum atomic E-state index is -2.16. The molecule has 0 aliphatic carbocycles. The molecule has 0 amide bonds. The molecule has 96 valence electrons. The van der Waals surface area contributed by atoms with Crippen LogP contribution in [0.15, 0.2) is 18.2 Å². The molecule has 2 unspecified atom stereocenters. The van der Waals surface area contributed by atoms with Gasteiger partial charge in [-0.3, -0.25) is 4.21 Å². The van der Waals surface area contributed by atoms with Gasteiger partial charge >= 0.3 is 0 Å². The van der Waals surface area contributed by atoms with Crippen LogP contribution in [-0.2, 0) is 11.1 Å². The van der Waals surface area contributed by atoms with E-state index < -0.39 is 17.1 Å². The second kappa shape index (κ2) is 6.58. The lowest BCUT2D eigenvalue weighted by Gasteiger charge is -2.16. The van der Waals surface area contributed by atoms with Crippen molar-refractivity contribution in [2.45, 2.75) is 13.0 Å². The Balaban J connectivity index is 2.94. The Labute approximate surface area is 103 Å². The largest absolute Gasteiger partial charge is 0.772 e. The van der Waals surface area contributed by atoms with Crippen molar-refractivity contribution in [1.29, 1.82) is 0 Å². The summed E-state index contributed by atoms with van der Waals surface area (Å²) in [5.74, 6) is 1.06. The molecule has 0 spiro atoms. The van der Waals surface area contributed by atoms with E-state index in [9.17, 15) is 8.76 Å². The minimum Gasteiger partial charge on any atom is -0.772 e. The summed E-state index contributed by atoms with van der Waals surface area (Å²) in [7, 11) is 1.55. The SMILES string of the molecule is CCOc1cc(C(N)CS(=O)[O-])ccc1OC. The molecule has 1 aromatic rings. The topological polar surface area (TPSA) is 84.6 Å². The summed E-state index contributed by atoms with van der Waals surface area (Å²) >= 11 is -2.16. The second-order valence-corrected chi connectivity index (χ2v) is 4.36. The number of benzene rings is 1. The van der Waals surface area contributed by atoms with Gasteiger partial charge in [-0.25, -0.2) is 0 Å². The molecule has 1 aromatic carbocycles. The zero-order valence-corrected chi connectivity index (χ0v) is 10.7. The summed E-state index contributed by atoms with van der Waals surface area (Å²) in [5, 5.41) is 0. The molecule has 17 heavy (non-hydrogen) atoms. The fourth-order valence-corrected chi connectivity index (χ4v) is 1.92. The van der Waals surface area contributed by atoms with Crippen molar-refractivity contribution in [2.24, 2.45) is 5.73 Å². The Hall–Kier alpha value is -1.11. The quantitative estimate of drug-likeness (QED) is 0.769. The first kappa shape index (κ1) is 14.0. The van der Waals surface area contributed by atoms with Gasteiger partial charge in [-0.1, -0.05) is 17.1 Å². The minimum absolute atomic E-state index is 0.113. The maximum absolute atomic E-state index is 10.6. The molecule has 0 bridgehead atoms. The van der Waals surface area contributed by atoms with Crippen LogP contribution in [0.5, 0.6) is 11.5 Å². The molecular weight excluding hydrogens is 242 g/mol. The van der Waals surface area contributed by atoms with Crippen LogP contribution >= 0.6 is 0 Å². The molecule has 0 aromatic heterocycles. The van der Waals surface area contributed by atoms with Gasteiger partial charge in [-0.2, -0.15) is 0 Å². The molecule has 0 radical (unpaired) electrons. The van der Waals surface area contributed by atoms with Crippen LogP contribution in [0.1, 0.15) is 18.5 Å². The van der Waals surface area contributed by atoms with Gasteiger partial charge in [0.15, 0.2) is 11.5 Å².